The molecule has 31 heavy (non-hydrogen) atoms. The maximum atomic E-state index is 12.7. The monoisotopic (exact) mass is 412 g/mol. The first-order valence-electron chi connectivity index (χ1n) is 10.5. The average molecular weight is 412 g/mol. The van der Waals surface area contributed by atoms with E-state index in [4.69, 9.17) is 4.74 Å². The summed E-state index contributed by atoms with van der Waals surface area (Å²) in [5.74, 6) is -1.36. The molecule has 1 atom stereocenters. The molecular formula is C26H22NO4-. The minimum absolute atomic E-state index is 0.0795. The number of aryl methyl sites for hydroxylation is 1. The SMILES string of the molecule is O=C(N[C@@]1(C(=O)[O-])CCc2ccccc2C1)OCC1c2ccccc2-c2ccccc21. The van der Waals surface area contributed by atoms with Crippen LogP contribution in [-0.4, -0.2) is 24.2 Å². The van der Waals surface area contributed by atoms with E-state index in [1.807, 2.05) is 60.7 Å². The Hall–Kier alpha value is -3.60. The molecule has 5 nitrogen and oxygen atoms in total. The van der Waals surface area contributed by atoms with Crippen LogP contribution in [0.15, 0.2) is 72.8 Å². The highest BCUT2D eigenvalue weighted by Crippen LogP contribution is 2.44. The largest absolute Gasteiger partial charge is 0.548 e. The molecule has 0 unspecified atom stereocenters. The number of amides is 1. The molecule has 0 heterocycles. The number of rotatable bonds is 4. The third-order valence-electron chi connectivity index (χ3n) is 6.51. The van der Waals surface area contributed by atoms with Crippen molar-refractivity contribution in [2.45, 2.75) is 30.7 Å². The van der Waals surface area contributed by atoms with Gasteiger partial charge in [0.2, 0.25) is 0 Å². The maximum Gasteiger partial charge on any atom is 0.407 e. The number of hydrogen-bond donors (Lipinski definition) is 1. The zero-order chi connectivity index (χ0) is 21.4. The number of ether oxygens (including phenoxy) is 1. The molecule has 1 N–H and O–H groups in total. The van der Waals surface area contributed by atoms with Crippen LogP contribution < -0.4 is 10.4 Å². The number of benzene rings is 3. The molecular weight excluding hydrogens is 390 g/mol. The second kappa shape index (κ2) is 7.58. The summed E-state index contributed by atoms with van der Waals surface area (Å²) in [5, 5.41) is 14.6. The molecule has 2 aliphatic rings. The van der Waals surface area contributed by atoms with Gasteiger partial charge >= 0.3 is 6.09 Å². The molecule has 3 aromatic carbocycles. The number of alkyl carbamates (subject to hydrolysis) is 1. The predicted octanol–water partition coefficient (Wildman–Crippen LogP) is 3.20. The molecule has 2 aliphatic carbocycles. The molecule has 0 aromatic heterocycles. The van der Waals surface area contributed by atoms with Gasteiger partial charge < -0.3 is 20.0 Å². The Labute approximate surface area is 180 Å². The van der Waals surface area contributed by atoms with Crippen LogP contribution in [-0.2, 0) is 22.4 Å². The van der Waals surface area contributed by atoms with Crippen molar-refractivity contribution in [1.82, 2.24) is 5.32 Å². The average Bonchev–Trinajstić information content (AvgIpc) is 3.11. The van der Waals surface area contributed by atoms with Crippen molar-refractivity contribution in [3.63, 3.8) is 0 Å². The second-order valence-corrected chi connectivity index (χ2v) is 8.27. The number of nitrogens with one attached hydrogen (secondary N) is 1. The van der Waals surface area contributed by atoms with Crippen molar-refractivity contribution < 1.29 is 19.4 Å². The van der Waals surface area contributed by atoms with Crippen LogP contribution in [0, 0.1) is 0 Å². The lowest BCUT2D eigenvalue weighted by Crippen LogP contribution is -2.62. The molecule has 3 aromatic rings. The highest BCUT2D eigenvalue weighted by Gasteiger charge is 2.38. The summed E-state index contributed by atoms with van der Waals surface area (Å²) in [6, 6.07) is 23.9. The number of carbonyl (C=O) groups excluding carboxylic acids is 2. The standard InChI is InChI=1S/C26H23NO4/c28-24(29)26(14-13-17-7-1-2-8-18(17)15-26)27-25(30)31-16-23-21-11-5-3-9-19(21)20-10-4-6-12-22(20)23/h1-12,23H,13-16H2,(H,27,30)(H,28,29)/p-1/t26-/m0/s1. The molecule has 1 amide bonds. The van der Waals surface area contributed by atoms with Crippen LogP contribution in [0.25, 0.3) is 11.1 Å². The first kappa shape index (κ1) is 19.4. The second-order valence-electron chi connectivity index (χ2n) is 8.27. The van der Waals surface area contributed by atoms with Gasteiger partial charge in [0.1, 0.15) is 6.61 Å². The van der Waals surface area contributed by atoms with Gasteiger partial charge in [-0.3, -0.25) is 0 Å². The lowest BCUT2D eigenvalue weighted by Gasteiger charge is -2.39. The fourth-order valence-electron chi connectivity index (χ4n) is 4.90. The fourth-order valence-corrected chi connectivity index (χ4v) is 4.90. The van der Waals surface area contributed by atoms with Gasteiger partial charge in [0.25, 0.3) is 0 Å². The van der Waals surface area contributed by atoms with Gasteiger partial charge in [0.15, 0.2) is 0 Å². The van der Waals surface area contributed by atoms with Gasteiger partial charge in [-0.25, -0.2) is 4.79 Å². The minimum Gasteiger partial charge on any atom is -0.548 e. The van der Waals surface area contributed by atoms with Gasteiger partial charge in [-0.1, -0.05) is 72.8 Å². The van der Waals surface area contributed by atoms with E-state index < -0.39 is 17.6 Å². The van der Waals surface area contributed by atoms with E-state index in [0.29, 0.717) is 6.42 Å². The van der Waals surface area contributed by atoms with Gasteiger partial charge in [-0.05, 0) is 46.2 Å². The Morgan fingerprint density at radius 1 is 0.903 bits per heavy atom. The maximum absolute atomic E-state index is 12.7. The third-order valence-corrected chi connectivity index (χ3v) is 6.51. The summed E-state index contributed by atoms with van der Waals surface area (Å²) in [5.41, 5.74) is 5.06. The minimum atomic E-state index is -1.46. The Bertz CT molecular complexity index is 1130. The van der Waals surface area contributed by atoms with Crippen molar-refractivity contribution in [2.24, 2.45) is 0 Å². The highest BCUT2D eigenvalue weighted by atomic mass is 16.5. The number of carboxylic acids is 1. The summed E-state index contributed by atoms with van der Waals surface area (Å²) in [7, 11) is 0. The Morgan fingerprint density at radius 2 is 1.48 bits per heavy atom. The van der Waals surface area contributed by atoms with Crippen molar-refractivity contribution in [2.75, 3.05) is 6.61 Å². The summed E-state index contributed by atoms with van der Waals surface area (Å²) < 4.78 is 5.56. The molecule has 5 heteroatoms. The first-order chi connectivity index (χ1) is 15.1. The Morgan fingerprint density at radius 3 is 2.13 bits per heavy atom. The number of carboxylic acid groups (broad SMARTS) is 1. The molecule has 0 bridgehead atoms. The van der Waals surface area contributed by atoms with Crippen LogP contribution in [0.1, 0.15) is 34.6 Å². The molecule has 5 rings (SSSR count). The van der Waals surface area contributed by atoms with Crippen molar-refractivity contribution >= 4 is 12.1 Å². The van der Waals surface area contributed by atoms with Crippen molar-refractivity contribution in [3.8, 4) is 11.1 Å². The van der Waals surface area contributed by atoms with E-state index in [9.17, 15) is 14.7 Å². The molecule has 0 saturated heterocycles. The predicted molar refractivity (Wildman–Crippen MR) is 114 cm³/mol. The topological polar surface area (TPSA) is 78.5 Å². The van der Waals surface area contributed by atoms with E-state index >= 15 is 0 Å². The third kappa shape index (κ3) is 3.36. The van der Waals surface area contributed by atoms with E-state index in [0.717, 1.165) is 33.4 Å². The summed E-state index contributed by atoms with van der Waals surface area (Å²) in [6.07, 6.45) is 0.297. The van der Waals surface area contributed by atoms with Crippen LogP contribution >= 0.6 is 0 Å². The molecule has 0 spiro atoms. The van der Waals surface area contributed by atoms with Gasteiger partial charge in [-0.15, -0.1) is 0 Å². The number of aliphatic carboxylic acids is 1. The molecule has 0 radical (unpaired) electrons. The van der Waals surface area contributed by atoms with E-state index in [-0.39, 0.29) is 25.4 Å². The van der Waals surface area contributed by atoms with Crippen molar-refractivity contribution in [3.05, 3.63) is 95.1 Å². The number of fused-ring (bicyclic) bond motifs is 4. The summed E-state index contributed by atoms with van der Waals surface area (Å²) >= 11 is 0. The Balaban J connectivity index is 1.33. The van der Waals surface area contributed by atoms with Gasteiger partial charge in [-0.2, -0.15) is 0 Å². The lowest BCUT2D eigenvalue weighted by atomic mass is 9.78. The summed E-state index contributed by atoms with van der Waals surface area (Å²) in [6.45, 7) is 0.138. The lowest BCUT2D eigenvalue weighted by molar-refractivity contribution is -0.314. The number of carbonyl (C=O) groups is 2. The molecule has 156 valence electrons. The number of hydrogen-bond acceptors (Lipinski definition) is 4. The van der Waals surface area contributed by atoms with E-state index in [2.05, 4.69) is 17.4 Å². The van der Waals surface area contributed by atoms with E-state index in [1.54, 1.807) is 0 Å². The van der Waals surface area contributed by atoms with Gasteiger partial charge in [0, 0.05) is 12.3 Å². The molecule has 0 saturated carbocycles. The quantitative estimate of drug-likeness (QED) is 0.714. The normalized spacial score (nSPS) is 19.1. The van der Waals surface area contributed by atoms with Crippen LogP contribution in [0.4, 0.5) is 4.79 Å². The van der Waals surface area contributed by atoms with Crippen molar-refractivity contribution in [1.29, 1.82) is 0 Å². The van der Waals surface area contributed by atoms with Crippen LogP contribution in [0.2, 0.25) is 0 Å². The molecule has 0 aliphatic heterocycles. The first-order valence-corrected chi connectivity index (χ1v) is 10.5. The smallest absolute Gasteiger partial charge is 0.407 e. The van der Waals surface area contributed by atoms with E-state index in [1.165, 1.54) is 0 Å². The fraction of sp³-hybridized carbons (Fsp3) is 0.231. The van der Waals surface area contributed by atoms with Crippen LogP contribution in [0.3, 0.4) is 0 Å². The zero-order valence-electron chi connectivity index (χ0n) is 17.0. The highest BCUT2D eigenvalue weighted by molar-refractivity contribution is 5.84. The van der Waals surface area contributed by atoms with Gasteiger partial charge in [0.05, 0.1) is 11.5 Å². The zero-order valence-corrected chi connectivity index (χ0v) is 17.0. The Kier molecular flexibility index (Phi) is 4.74. The molecule has 0 fully saturated rings. The van der Waals surface area contributed by atoms with Crippen LogP contribution in [0.5, 0.6) is 0 Å². The summed E-state index contributed by atoms with van der Waals surface area (Å²) in [4.78, 5) is 24.7.